The van der Waals surface area contributed by atoms with Crippen LogP contribution in [0, 0.1) is 0 Å². The SMILES string of the molecule is O=c1c2ccc3c4ccc5c6ccc7c8c(-c9ccccc9)c9c%10cccc%11cccc(c9c(-c9ccccc9)c8c8ccc(c9ccc(c%12ccc(c2c3%12)c2nc3cccc%12cccc(c%123)n12)c4c59)c6c78)c%11%10. The number of benzene rings is 15. The van der Waals surface area contributed by atoms with Gasteiger partial charge in [0.25, 0.3) is 5.56 Å². The van der Waals surface area contributed by atoms with Crippen molar-refractivity contribution in [1.29, 1.82) is 0 Å². The molecule has 0 aliphatic carbocycles. The number of fused-ring (bicyclic) bond motifs is 13. The molecule has 0 bridgehead atoms. The van der Waals surface area contributed by atoms with Crippen molar-refractivity contribution in [2.24, 2.45) is 0 Å². The fourth-order valence-corrected chi connectivity index (χ4v) is 14.8. The summed E-state index contributed by atoms with van der Waals surface area (Å²) in [6.07, 6.45) is 0. The molecule has 19 aromatic rings. The predicted octanol–water partition coefficient (Wildman–Crippen LogP) is 18.5. The van der Waals surface area contributed by atoms with E-state index in [1.54, 1.807) is 0 Å². The number of hydrogen-bond acceptors (Lipinski definition) is 2. The van der Waals surface area contributed by atoms with Gasteiger partial charge in [-0.1, -0.05) is 182 Å². The van der Waals surface area contributed by atoms with Gasteiger partial charge in [0.15, 0.2) is 0 Å². The molecule has 330 valence electrons. The zero-order valence-corrected chi connectivity index (χ0v) is 38.9. The molecule has 0 saturated carbocycles. The van der Waals surface area contributed by atoms with E-state index in [-0.39, 0.29) is 5.56 Å². The van der Waals surface area contributed by atoms with E-state index < -0.39 is 0 Å². The second kappa shape index (κ2) is 12.6. The largest absolute Gasteiger partial charge is 0.268 e. The van der Waals surface area contributed by atoms with Crippen molar-refractivity contribution in [3.63, 3.8) is 0 Å². The van der Waals surface area contributed by atoms with Crippen LogP contribution >= 0.6 is 0 Å². The fraction of sp³-hybridized carbons (Fsp3) is 0. The molecular formula is C70H34N2O. The Morgan fingerprint density at radius 2 is 0.616 bits per heavy atom. The van der Waals surface area contributed by atoms with Crippen LogP contribution in [0.3, 0.4) is 0 Å². The molecule has 0 saturated heterocycles. The van der Waals surface area contributed by atoms with Crippen LogP contribution < -0.4 is 5.56 Å². The molecule has 0 atom stereocenters. The highest BCUT2D eigenvalue weighted by Crippen LogP contribution is 2.58. The molecule has 0 spiro atoms. The lowest BCUT2D eigenvalue weighted by Gasteiger charge is -2.21. The van der Waals surface area contributed by atoms with Crippen molar-refractivity contribution in [2.75, 3.05) is 0 Å². The van der Waals surface area contributed by atoms with Crippen LogP contribution in [0.4, 0.5) is 0 Å². The third-order valence-corrected chi connectivity index (χ3v) is 17.5. The Labute approximate surface area is 413 Å². The van der Waals surface area contributed by atoms with E-state index in [1.165, 1.54) is 130 Å². The molecule has 19 rings (SSSR count). The fourth-order valence-electron chi connectivity index (χ4n) is 14.8. The lowest BCUT2D eigenvalue weighted by Crippen LogP contribution is -2.16. The summed E-state index contributed by atoms with van der Waals surface area (Å²) in [4.78, 5) is 20.1. The normalized spacial score (nSPS) is 13.0. The van der Waals surface area contributed by atoms with Crippen molar-refractivity contribution in [1.82, 2.24) is 9.38 Å². The number of hydrogen-bond donors (Lipinski definition) is 0. The summed E-state index contributed by atoms with van der Waals surface area (Å²) in [5.41, 5.74) is 7.54. The molecule has 2 heterocycles. The quantitative estimate of drug-likeness (QED) is 0.128. The summed E-state index contributed by atoms with van der Waals surface area (Å²) < 4.78 is 1.85. The molecule has 0 unspecified atom stereocenters. The van der Waals surface area contributed by atoms with Crippen LogP contribution in [-0.2, 0) is 0 Å². The van der Waals surface area contributed by atoms with Crippen molar-refractivity contribution < 1.29 is 0 Å². The smallest absolute Gasteiger partial charge is 0.264 e. The highest BCUT2D eigenvalue weighted by atomic mass is 16.1. The highest BCUT2D eigenvalue weighted by molar-refractivity contribution is 6.51. The summed E-state index contributed by atoms with van der Waals surface area (Å²) in [6, 6.07) is 76.4. The number of nitrogens with zero attached hydrogens (tertiary/aromatic N) is 2. The van der Waals surface area contributed by atoms with Gasteiger partial charge in [0.1, 0.15) is 5.65 Å². The first-order valence-electron chi connectivity index (χ1n) is 25.3. The second-order valence-electron chi connectivity index (χ2n) is 20.6. The van der Waals surface area contributed by atoms with E-state index in [4.69, 9.17) is 4.98 Å². The Morgan fingerprint density at radius 1 is 0.260 bits per heavy atom. The van der Waals surface area contributed by atoms with Crippen molar-refractivity contribution in [3.8, 4) is 22.3 Å². The molecule has 73 heavy (non-hydrogen) atoms. The maximum Gasteiger partial charge on any atom is 0.264 e. The standard InChI is InChI=1S/C70H34N2O/c73-70-52-34-30-46-42-26-24-40-44-28-32-50-63-49(67-57(37-11-3-1-4-12-37)65-47-19-7-15-35-16-8-20-48(55(35)47)66(65)58(68(50)67)38-13-5-2-6-14-38)31-27-43(61(44)63)39-23-25-41(60(42)59(39)40)45-29-33-51(64(52)62(45)46)69-71-53-21-9-17-36-18-10-22-54(56(36)53)72(69)70/h1-34H. The lowest BCUT2D eigenvalue weighted by molar-refractivity contribution is 1.15. The summed E-state index contributed by atoms with van der Waals surface area (Å²) >= 11 is 0. The Hall–Kier alpha value is -9.70. The van der Waals surface area contributed by atoms with Gasteiger partial charge >= 0.3 is 0 Å². The van der Waals surface area contributed by atoms with E-state index >= 15 is 0 Å². The van der Waals surface area contributed by atoms with Gasteiger partial charge in [0.2, 0.25) is 0 Å². The third kappa shape index (κ3) is 4.20. The first-order valence-corrected chi connectivity index (χ1v) is 25.3. The van der Waals surface area contributed by atoms with E-state index in [9.17, 15) is 4.79 Å². The van der Waals surface area contributed by atoms with Gasteiger partial charge in [-0.25, -0.2) is 4.98 Å². The van der Waals surface area contributed by atoms with E-state index in [0.717, 1.165) is 54.1 Å². The van der Waals surface area contributed by atoms with Crippen LogP contribution in [-0.4, -0.2) is 9.38 Å². The Kier molecular flexibility index (Phi) is 6.42. The average molecular weight is 919 g/mol. The Bertz CT molecular complexity index is 5510. The van der Waals surface area contributed by atoms with E-state index in [1.807, 2.05) is 10.5 Å². The van der Waals surface area contributed by atoms with Gasteiger partial charge in [-0.2, -0.15) is 0 Å². The zero-order chi connectivity index (χ0) is 47.1. The number of aromatic nitrogens is 2. The number of pyridine rings is 1. The van der Waals surface area contributed by atoms with Crippen LogP contribution in [0.2, 0.25) is 0 Å². The minimum atomic E-state index is -0.0329. The van der Waals surface area contributed by atoms with Crippen molar-refractivity contribution in [2.45, 2.75) is 0 Å². The molecule has 0 amide bonds. The molecule has 17 aromatic carbocycles. The number of rotatable bonds is 2. The second-order valence-corrected chi connectivity index (χ2v) is 20.6. The van der Waals surface area contributed by atoms with Gasteiger partial charge in [0.05, 0.1) is 11.0 Å². The van der Waals surface area contributed by atoms with Crippen molar-refractivity contribution in [3.05, 3.63) is 217 Å². The molecule has 3 nitrogen and oxygen atoms in total. The topological polar surface area (TPSA) is 34.4 Å². The monoisotopic (exact) mass is 918 g/mol. The molecule has 0 aliphatic heterocycles. The zero-order valence-electron chi connectivity index (χ0n) is 38.9. The highest BCUT2D eigenvalue weighted by Gasteiger charge is 2.30. The molecule has 3 heteroatoms. The lowest BCUT2D eigenvalue weighted by atomic mass is 9.83. The summed E-state index contributed by atoms with van der Waals surface area (Å²) in [7, 11) is 0. The van der Waals surface area contributed by atoms with Gasteiger partial charge < -0.3 is 0 Å². The van der Waals surface area contributed by atoms with Gasteiger partial charge in [-0.3, -0.25) is 9.20 Å². The predicted molar refractivity (Wildman–Crippen MR) is 311 cm³/mol. The molecule has 2 aromatic heterocycles. The molecule has 0 fully saturated rings. The van der Waals surface area contributed by atoms with Crippen LogP contribution in [0.15, 0.2) is 211 Å². The van der Waals surface area contributed by atoms with Gasteiger partial charge in [-0.15, -0.1) is 0 Å². The summed E-state index contributed by atoms with van der Waals surface area (Å²) in [6.45, 7) is 0. The Morgan fingerprint density at radius 3 is 1.10 bits per heavy atom. The van der Waals surface area contributed by atoms with Crippen LogP contribution in [0.25, 0.3) is 190 Å². The summed E-state index contributed by atoms with van der Waals surface area (Å²) in [5.74, 6) is 0. The maximum atomic E-state index is 14.9. The van der Waals surface area contributed by atoms with E-state index in [0.29, 0.717) is 5.65 Å². The minimum absolute atomic E-state index is 0.0329. The van der Waals surface area contributed by atoms with Crippen molar-refractivity contribution >= 4 is 167 Å². The summed E-state index contributed by atoms with van der Waals surface area (Å²) in [5, 5.41) is 34.1. The minimum Gasteiger partial charge on any atom is -0.268 e. The molecular weight excluding hydrogens is 885 g/mol. The van der Waals surface area contributed by atoms with Crippen LogP contribution in [0.1, 0.15) is 0 Å². The van der Waals surface area contributed by atoms with Gasteiger partial charge in [-0.05, 0) is 176 Å². The van der Waals surface area contributed by atoms with Crippen LogP contribution in [0.5, 0.6) is 0 Å². The van der Waals surface area contributed by atoms with E-state index in [2.05, 4.69) is 200 Å². The molecule has 0 aliphatic rings. The molecule has 0 N–H and O–H groups in total. The first-order chi connectivity index (χ1) is 36.2. The Balaban J connectivity index is 0.968. The average Bonchev–Trinajstić information content (AvgIpc) is 4.03. The molecule has 0 radical (unpaired) electrons. The van der Waals surface area contributed by atoms with Gasteiger partial charge in [0, 0.05) is 21.5 Å². The third-order valence-electron chi connectivity index (χ3n) is 17.5. The maximum absolute atomic E-state index is 14.9. The first kappa shape index (κ1) is 37.2.